The van der Waals surface area contributed by atoms with Crippen LogP contribution >= 0.6 is 0 Å². The average Bonchev–Trinajstić information content (AvgIpc) is 2.90. The number of para-hydroxylation sites is 2. The predicted molar refractivity (Wildman–Crippen MR) is 147 cm³/mol. The van der Waals surface area contributed by atoms with Gasteiger partial charge in [-0.25, -0.2) is 10.3 Å². The summed E-state index contributed by atoms with van der Waals surface area (Å²) >= 11 is 0. The molecule has 2 aliphatic rings. The molecule has 8 heteroatoms. The van der Waals surface area contributed by atoms with Gasteiger partial charge >= 0.3 is 0 Å². The van der Waals surface area contributed by atoms with Crippen molar-refractivity contribution in [3.63, 3.8) is 0 Å². The van der Waals surface area contributed by atoms with Gasteiger partial charge in [0.05, 0.1) is 31.1 Å². The van der Waals surface area contributed by atoms with E-state index < -0.39 is 0 Å². The molecule has 8 nitrogen and oxygen atoms in total. The second kappa shape index (κ2) is 11.3. The number of aromatic nitrogens is 1. The molecule has 3 heterocycles. The SMILES string of the molecule is CC(C)CCOc1ccccc1Nc1nc(Nc2cccc(N3CCOCC3)c2)cc2c1C(=O)[N]C=C2. The van der Waals surface area contributed by atoms with E-state index in [0.717, 1.165) is 55.3 Å². The molecule has 1 saturated heterocycles. The Labute approximate surface area is 217 Å². The molecule has 0 spiro atoms. The summed E-state index contributed by atoms with van der Waals surface area (Å²) in [5, 5.41) is 10.7. The van der Waals surface area contributed by atoms with Gasteiger partial charge in [-0.1, -0.05) is 32.0 Å². The van der Waals surface area contributed by atoms with Crippen molar-refractivity contribution in [2.45, 2.75) is 20.3 Å². The number of rotatable bonds is 9. The lowest BCUT2D eigenvalue weighted by molar-refractivity contribution is 0.0965. The molecule has 0 saturated carbocycles. The van der Waals surface area contributed by atoms with Crippen molar-refractivity contribution < 1.29 is 14.3 Å². The lowest BCUT2D eigenvalue weighted by Gasteiger charge is -2.29. The number of nitrogens with zero attached hydrogens (tertiary/aromatic N) is 3. The van der Waals surface area contributed by atoms with Crippen LogP contribution < -0.4 is 25.6 Å². The Morgan fingerprint density at radius 2 is 1.89 bits per heavy atom. The van der Waals surface area contributed by atoms with Crippen LogP contribution in [0.2, 0.25) is 0 Å². The highest BCUT2D eigenvalue weighted by Gasteiger charge is 2.23. The van der Waals surface area contributed by atoms with E-state index in [1.807, 2.05) is 48.5 Å². The third kappa shape index (κ3) is 6.03. The average molecular weight is 499 g/mol. The van der Waals surface area contributed by atoms with Crippen molar-refractivity contribution in [2.24, 2.45) is 5.92 Å². The molecule has 0 bridgehead atoms. The highest BCUT2D eigenvalue weighted by atomic mass is 16.5. The molecule has 5 rings (SSSR count). The largest absolute Gasteiger partial charge is 0.491 e. The maximum absolute atomic E-state index is 12.8. The first-order valence-electron chi connectivity index (χ1n) is 12.7. The number of carbonyl (C=O) groups is 1. The number of benzene rings is 2. The van der Waals surface area contributed by atoms with Crippen molar-refractivity contribution in [3.05, 3.63) is 71.9 Å². The Morgan fingerprint density at radius 1 is 1.05 bits per heavy atom. The maximum atomic E-state index is 12.8. The van der Waals surface area contributed by atoms with Crippen LogP contribution in [-0.2, 0) is 4.74 Å². The Kier molecular flexibility index (Phi) is 7.56. The third-order valence-corrected chi connectivity index (χ3v) is 6.30. The summed E-state index contributed by atoms with van der Waals surface area (Å²) in [7, 11) is 0. The van der Waals surface area contributed by atoms with Gasteiger partial charge in [0.25, 0.3) is 5.91 Å². The molecule has 2 aliphatic heterocycles. The monoisotopic (exact) mass is 498 g/mol. The molecule has 37 heavy (non-hydrogen) atoms. The van der Waals surface area contributed by atoms with Gasteiger partial charge in [-0.3, -0.25) is 4.79 Å². The van der Waals surface area contributed by atoms with E-state index in [1.54, 1.807) is 0 Å². The fourth-order valence-electron chi connectivity index (χ4n) is 4.30. The van der Waals surface area contributed by atoms with Crippen molar-refractivity contribution in [3.8, 4) is 5.75 Å². The van der Waals surface area contributed by atoms with E-state index in [2.05, 4.69) is 46.8 Å². The van der Waals surface area contributed by atoms with Gasteiger partial charge in [-0.05, 0) is 60.4 Å². The van der Waals surface area contributed by atoms with Gasteiger partial charge < -0.3 is 25.0 Å². The zero-order valence-corrected chi connectivity index (χ0v) is 21.2. The van der Waals surface area contributed by atoms with Crippen LogP contribution in [0.3, 0.4) is 0 Å². The minimum atomic E-state index is -0.327. The zero-order chi connectivity index (χ0) is 25.6. The van der Waals surface area contributed by atoms with E-state index in [0.29, 0.717) is 35.5 Å². The Bertz CT molecular complexity index is 1280. The van der Waals surface area contributed by atoms with Crippen LogP contribution in [0.15, 0.2) is 60.8 Å². The fraction of sp³-hybridized carbons (Fsp3) is 0.310. The summed E-state index contributed by atoms with van der Waals surface area (Å²) in [6.45, 7) is 8.14. The number of hydrogen-bond acceptors (Lipinski definition) is 7. The molecule has 0 atom stereocenters. The molecule has 3 aromatic rings. The van der Waals surface area contributed by atoms with Gasteiger partial charge in [0, 0.05) is 30.7 Å². The molecule has 1 aromatic heterocycles. The first kappa shape index (κ1) is 24.6. The fourth-order valence-corrected chi connectivity index (χ4v) is 4.30. The molecule has 1 radical (unpaired) electrons. The highest BCUT2D eigenvalue weighted by molar-refractivity contribution is 6.05. The predicted octanol–water partition coefficient (Wildman–Crippen LogP) is 5.56. The summed E-state index contributed by atoms with van der Waals surface area (Å²) in [4.78, 5) is 19.9. The smallest absolute Gasteiger partial charge is 0.281 e. The van der Waals surface area contributed by atoms with Crippen LogP contribution in [0.25, 0.3) is 6.08 Å². The summed E-state index contributed by atoms with van der Waals surface area (Å²) in [6, 6.07) is 17.8. The van der Waals surface area contributed by atoms with Crippen LogP contribution in [0.5, 0.6) is 5.75 Å². The van der Waals surface area contributed by atoms with Crippen LogP contribution in [-0.4, -0.2) is 43.8 Å². The molecular weight excluding hydrogens is 466 g/mol. The number of pyridine rings is 1. The number of carbonyl (C=O) groups excluding carboxylic acids is 1. The molecule has 0 unspecified atom stereocenters. The summed E-state index contributed by atoms with van der Waals surface area (Å²) in [5.41, 5.74) is 3.98. The second-order valence-electron chi connectivity index (χ2n) is 9.50. The van der Waals surface area contributed by atoms with Gasteiger partial charge in [0.1, 0.15) is 17.4 Å². The summed E-state index contributed by atoms with van der Waals surface area (Å²) in [6.07, 6.45) is 4.30. The van der Waals surface area contributed by atoms with Crippen LogP contribution in [0.4, 0.5) is 28.7 Å². The number of amides is 1. The van der Waals surface area contributed by atoms with Gasteiger partial charge in [0.2, 0.25) is 0 Å². The number of nitrogens with one attached hydrogen (secondary N) is 2. The third-order valence-electron chi connectivity index (χ3n) is 6.30. The Morgan fingerprint density at radius 3 is 2.73 bits per heavy atom. The quantitative estimate of drug-likeness (QED) is 0.399. The Balaban J connectivity index is 1.43. The molecule has 1 fully saturated rings. The Hall–Kier alpha value is -4.04. The highest BCUT2D eigenvalue weighted by Crippen LogP contribution is 2.33. The van der Waals surface area contributed by atoms with E-state index in [4.69, 9.17) is 14.5 Å². The van der Waals surface area contributed by atoms with Crippen molar-refractivity contribution >= 4 is 40.7 Å². The van der Waals surface area contributed by atoms with E-state index in [1.165, 1.54) is 6.20 Å². The minimum absolute atomic E-state index is 0.327. The van der Waals surface area contributed by atoms with Crippen molar-refractivity contribution in [1.29, 1.82) is 0 Å². The van der Waals surface area contributed by atoms with E-state index in [9.17, 15) is 4.79 Å². The standard InChI is InChI=1S/C29H32N5O3/c1-20(2)11-15-37-25-9-4-3-8-24(25)32-28-27-21(10-12-30-29(27)35)18-26(33-28)31-22-6-5-7-23(19-22)34-13-16-36-17-14-34/h3-10,12,18-20H,11,13-17H2,1-2H3,(H2,31,32,33). The topological polar surface area (TPSA) is 89.8 Å². The molecule has 2 N–H and O–H groups in total. The molecular formula is C29H32N5O3. The zero-order valence-electron chi connectivity index (χ0n) is 21.2. The summed E-state index contributed by atoms with van der Waals surface area (Å²) < 4.78 is 11.5. The summed E-state index contributed by atoms with van der Waals surface area (Å²) in [5.74, 6) is 1.99. The lowest BCUT2D eigenvalue weighted by Crippen LogP contribution is -2.36. The van der Waals surface area contributed by atoms with Crippen molar-refractivity contribution in [2.75, 3.05) is 48.4 Å². The minimum Gasteiger partial charge on any atom is -0.491 e. The van der Waals surface area contributed by atoms with Gasteiger partial charge in [-0.15, -0.1) is 0 Å². The first-order chi connectivity index (χ1) is 18.1. The van der Waals surface area contributed by atoms with Gasteiger partial charge in [-0.2, -0.15) is 0 Å². The second-order valence-corrected chi connectivity index (χ2v) is 9.50. The number of hydrogen-bond donors (Lipinski definition) is 2. The molecule has 0 aliphatic carbocycles. The number of anilines is 5. The van der Waals surface area contributed by atoms with Gasteiger partial charge in [0.15, 0.2) is 0 Å². The molecule has 191 valence electrons. The molecule has 2 aromatic carbocycles. The maximum Gasteiger partial charge on any atom is 0.281 e. The lowest BCUT2D eigenvalue weighted by atomic mass is 10.1. The first-order valence-corrected chi connectivity index (χ1v) is 12.7. The normalized spacial score (nSPS) is 14.8. The number of ether oxygens (including phenoxy) is 2. The van der Waals surface area contributed by atoms with E-state index in [-0.39, 0.29) is 5.91 Å². The number of morpholine rings is 1. The molecule has 1 amide bonds. The van der Waals surface area contributed by atoms with E-state index >= 15 is 0 Å². The van der Waals surface area contributed by atoms with Crippen LogP contribution in [0, 0.1) is 5.92 Å². The van der Waals surface area contributed by atoms with Crippen LogP contribution in [0.1, 0.15) is 36.2 Å². The van der Waals surface area contributed by atoms with Crippen molar-refractivity contribution in [1.82, 2.24) is 10.3 Å². The number of fused-ring (bicyclic) bond motifs is 1.